The van der Waals surface area contributed by atoms with Gasteiger partial charge in [0.15, 0.2) is 0 Å². The van der Waals surface area contributed by atoms with Crippen LogP contribution in [0.15, 0.2) is 28.4 Å². The molecule has 2 aromatic heterocycles. The van der Waals surface area contributed by atoms with E-state index in [0.717, 1.165) is 43.4 Å². The molecule has 26 heavy (non-hydrogen) atoms. The highest BCUT2D eigenvalue weighted by atomic mass is 32.2. The number of aromatic nitrogens is 4. The van der Waals surface area contributed by atoms with Crippen LogP contribution >= 0.6 is 0 Å². The number of imidazole rings is 1. The van der Waals surface area contributed by atoms with Gasteiger partial charge in [-0.1, -0.05) is 0 Å². The molecule has 4 rings (SSSR count). The zero-order chi connectivity index (χ0) is 18.3. The fourth-order valence-corrected chi connectivity index (χ4v) is 5.40. The summed E-state index contributed by atoms with van der Waals surface area (Å²) < 4.78 is 30.0. The topological polar surface area (TPSA) is 90.1 Å². The van der Waals surface area contributed by atoms with Crippen LogP contribution < -0.4 is 5.56 Å². The Labute approximate surface area is 152 Å². The van der Waals surface area contributed by atoms with Gasteiger partial charge in [0.05, 0.1) is 5.69 Å². The van der Waals surface area contributed by atoms with E-state index < -0.39 is 10.0 Å². The van der Waals surface area contributed by atoms with Crippen LogP contribution in [0.1, 0.15) is 30.5 Å². The van der Waals surface area contributed by atoms with Crippen molar-refractivity contribution in [3.8, 4) is 0 Å². The standard InChI is InChI=1S/C17H23N5O3S/c1-20-10-7-18-17(20)26(24,25)21-8-5-13(6-9-21)12-22-16(23)11-14-3-2-4-15(14)19-22/h7,10-11,13H,2-6,8-9,12H2,1H3. The Balaban J connectivity index is 1.43. The molecule has 1 fully saturated rings. The van der Waals surface area contributed by atoms with Crippen molar-refractivity contribution >= 4 is 10.0 Å². The average Bonchev–Trinajstić information content (AvgIpc) is 3.24. The summed E-state index contributed by atoms with van der Waals surface area (Å²) >= 11 is 0. The van der Waals surface area contributed by atoms with E-state index in [1.807, 2.05) is 0 Å². The van der Waals surface area contributed by atoms with Gasteiger partial charge < -0.3 is 4.57 Å². The maximum absolute atomic E-state index is 12.7. The molecule has 0 atom stereocenters. The van der Waals surface area contributed by atoms with E-state index in [4.69, 9.17) is 0 Å². The summed E-state index contributed by atoms with van der Waals surface area (Å²) in [6.45, 7) is 1.45. The third-order valence-electron chi connectivity index (χ3n) is 5.38. The summed E-state index contributed by atoms with van der Waals surface area (Å²) in [5, 5.41) is 4.60. The molecule has 0 bridgehead atoms. The Morgan fingerprint density at radius 2 is 2.00 bits per heavy atom. The Bertz CT molecular complexity index is 971. The van der Waals surface area contributed by atoms with E-state index in [2.05, 4.69) is 10.1 Å². The minimum atomic E-state index is -3.56. The second kappa shape index (κ2) is 6.62. The van der Waals surface area contributed by atoms with Gasteiger partial charge >= 0.3 is 0 Å². The molecule has 0 radical (unpaired) electrons. The van der Waals surface area contributed by atoms with E-state index in [1.54, 1.807) is 24.0 Å². The van der Waals surface area contributed by atoms with Crippen LogP contribution in [0.25, 0.3) is 0 Å². The minimum absolute atomic E-state index is 0.0475. The van der Waals surface area contributed by atoms with Crippen molar-refractivity contribution < 1.29 is 8.42 Å². The Hall–Kier alpha value is -2.00. The molecule has 140 valence electrons. The highest BCUT2D eigenvalue weighted by Crippen LogP contribution is 2.24. The van der Waals surface area contributed by atoms with E-state index in [1.165, 1.54) is 15.1 Å². The number of aryl methyl sites for hydroxylation is 3. The number of fused-ring (bicyclic) bond motifs is 1. The molecular weight excluding hydrogens is 354 g/mol. The summed E-state index contributed by atoms with van der Waals surface area (Å²) in [6.07, 6.45) is 7.51. The molecule has 0 unspecified atom stereocenters. The largest absolute Gasteiger partial charge is 0.324 e. The first-order valence-electron chi connectivity index (χ1n) is 9.02. The highest BCUT2D eigenvalue weighted by Gasteiger charge is 2.32. The van der Waals surface area contributed by atoms with Gasteiger partial charge in [0.25, 0.3) is 15.6 Å². The normalized spacial score (nSPS) is 19.0. The van der Waals surface area contributed by atoms with Crippen LogP contribution in [0, 0.1) is 5.92 Å². The molecule has 0 N–H and O–H groups in total. The van der Waals surface area contributed by atoms with Crippen LogP contribution in [-0.2, 0) is 36.5 Å². The van der Waals surface area contributed by atoms with Crippen molar-refractivity contribution in [1.82, 2.24) is 23.6 Å². The van der Waals surface area contributed by atoms with Crippen molar-refractivity contribution in [2.24, 2.45) is 13.0 Å². The quantitative estimate of drug-likeness (QED) is 0.777. The summed E-state index contributed by atoms with van der Waals surface area (Å²) in [6, 6.07) is 1.72. The van der Waals surface area contributed by atoms with Crippen molar-refractivity contribution in [2.75, 3.05) is 13.1 Å². The molecule has 9 heteroatoms. The fraction of sp³-hybridized carbons (Fsp3) is 0.588. The number of hydrogen-bond donors (Lipinski definition) is 0. The van der Waals surface area contributed by atoms with E-state index >= 15 is 0 Å². The first-order chi connectivity index (χ1) is 12.4. The first-order valence-corrected chi connectivity index (χ1v) is 10.5. The van der Waals surface area contributed by atoms with Gasteiger partial charge in [-0.3, -0.25) is 4.79 Å². The smallest absolute Gasteiger partial charge is 0.276 e. The second-order valence-electron chi connectivity index (χ2n) is 7.16. The van der Waals surface area contributed by atoms with Crippen LogP contribution in [0.5, 0.6) is 0 Å². The summed E-state index contributed by atoms with van der Waals surface area (Å²) in [5.41, 5.74) is 2.08. The molecule has 0 spiro atoms. The molecule has 1 aliphatic heterocycles. The number of hydrogen-bond acceptors (Lipinski definition) is 5. The SMILES string of the molecule is Cn1ccnc1S(=O)(=O)N1CCC(Cn2nc3c(cc2=O)CCC3)CC1. The monoisotopic (exact) mass is 377 g/mol. The van der Waals surface area contributed by atoms with Crippen molar-refractivity contribution in [3.63, 3.8) is 0 Å². The minimum Gasteiger partial charge on any atom is -0.324 e. The lowest BCUT2D eigenvalue weighted by Gasteiger charge is -2.30. The molecule has 0 saturated carbocycles. The highest BCUT2D eigenvalue weighted by molar-refractivity contribution is 7.89. The molecular formula is C17H23N5O3S. The average molecular weight is 377 g/mol. The third kappa shape index (κ3) is 3.09. The van der Waals surface area contributed by atoms with Crippen molar-refractivity contribution in [2.45, 2.75) is 43.8 Å². The van der Waals surface area contributed by atoms with E-state index in [0.29, 0.717) is 19.6 Å². The summed E-state index contributed by atoms with van der Waals surface area (Å²) in [5.74, 6) is 0.257. The van der Waals surface area contributed by atoms with Crippen LogP contribution in [0.2, 0.25) is 0 Å². The second-order valence-corrected chi connectivity index (χ2v) is 8.99. The number of piperidine rings is 1. The predicted octanol–water partition coefficient (Wildman–Crippen LogP) is 0.566. The Morgan fingerprint density at radius 3 is 2.69 bits per heavy atom. The number of sulfonamides is 1. The van der Waals surface area contributed by atoms with E-state index in [9.17, 15) is 13.2 Å². The molecule has 2 aliphatic rings. The van der Waals surface area contributed by atoms with Gasteiger partial charge in [0.1, 0.15) is 0 Å². The molecule has 2 aromatic rings. The van der Waals surface area contributed by atoms with Gasteiger partial charge in [-0.25, -0.2) is 18.1 Å². The van der Waals surface area contributed by atoms with Crippen LogP contribution in [0.4, 0.5) is 0 Å². The van der Waals surface area contributed by atoms with Crippen molar-refractivity contribution in [1.29, 1.82) is 0 Å². The van der Waals surface area contributed by atoms with Gasteiger partial charge in [-0.2, -0.15) is 9.40 Å². The molecule has 8 nitrogen and oxygen atoms in total. The Kier molecular flexibility index (Phi) is 4.44. The molecule has 1 saturated heterocycles. The van der Waals surface area contributed by atoms with Crippen LogP contribution in [0.3, 0.4) is 0 Å². The lowest BCUT2D eigenvalue weighted by atomic mass is 9.98. The van der Waals surface area contributed by atoms with Gasteiger partial charge in [-0.15, -0.1) is 0 Å². The maximum Gasteiger partial charge on any atom is 0.276 e. The molecule has 0 aromatic carbocycles. The zero-order valence-electron chi connectivity index (χ0n) is 14.8. The lowest BCUT2D eigenvalue weighted by Crippen LogP contribution is -2.41. The maximum atomic E-state index is 12.7. The predicted molar refractivity (Wildman–Crippen MR) is 95.2 cm³/mol. The third-order valence-corrected chi connectivity index (χ3v) is 7.28. The lowest BCUT2D eigenvalue weighted by molar-refractivity contribution is 0.243. The first kappa shape index (κ1) is 17.4. The fourth-order valence-electron chi connectivity index (χ4n) is 3.86. The van der Waals surface area contributed by atoms with Gasteiger partial charge in [0, 0.05) is 45.1 Å². The molecule has 1 aliphatic carbocycles. The van der Waals surface area contributed by atoms with Gasteiger partial charge in [0.2, 0.25) is 5.16 Å². The Morgan fingerprint density at radius 1 is 1.23 bits per heavy atom. The van der Waals surface area contributed by atoms with Crippen molar-refractivity contribution in [3.05, 3.63) is 40.1 Å². The number of nitrogens with zero attached hydrogens (tertiary/aromatic N) is 5. The zero-order valence-corrected chi connectivity index (χ0v) is 15.7. The summed E-state index contributed by atoms with van der Waals surface area (Å²) in [7, 11) is -1.88. The van der Waals surface area contributed by atoms with Gasteiger partial charge in [-0.05, 0) is 43.6 Å². The van der Waals surface area contributed by atoms with E-state index in [-0.39, 0.29) is 16.6 Å². The number of rotatable bonds is 4. The molecule has 0 amide bonds. The summed E-state index contributed by atoms with van der Waals surface area (Å²) in [4.78, 5) is 16.2. The molecule has 3 heterocycles. The van der Waals surface area contributed by atoms with Crippen LogP contribution in [-0.4, -0.2) is 45.1 Å².